The zero-order valence-corrected chi connectivity index (χ0v) is 9.03. The topological polar surface area (TPSA) is 84.9 Å². The molecule has 3 rings (SSSR count). The molecule has 0 unspecified atom stereocenters. The van der Waals surface area contributed by atoms with Crippen molar-refractivity contribution in [3.63, 3.8) is 0 Å². The van der Waals surface area contributed by atoms with Gasteiger partial charge in [0.2, 0.25) is 0 Å². The molecule has 0 bridgehead atoms. The van der Waals surface area contributed by atoms with Crippen LogP contribution in [0.3, 0.4) is 0 Å². The van der Waals surface area contributed by atoms with E-state index in [1.807, 2.05) is 18.2 Å². The molecule has 5 N–H and O–H groups in total. The number of hydrogen-bond donors (Lipinski definition) is 3. The fraction of sp³-hybridized carbons (Fsp3) is 0. The number of rotatable bonds is 0. The minimum Gasteiger partial charge on any atom is -0.398 e. The number of benzene rings is 2. The van der Waals surface area contributed by atoms with Crippen LogP contribution in [0, 0.1) is 0 Å². The number of nitrogen functional groups attached to an aromatic ring is 2. The number of H-pyrrole nitrogens is 1. The maximum Gasteiger partial charge on any atom is 0.199 e. The van der Waals surface area contributed by atoms with Crippen molar-refractivity contribution in [2.45, 2.75) is 0 Å². The molecule has 1 aromatic heterocycles. The molecule has 0 aliphatic rings. The molecular weight excluding hydrogens is 214 g/mol. The largest absolute Gasteiger partial charge is 0.398 e. The highest BCUT2D eigenvalue weighted by Crippen LogP contribution is 2.24. The zero-order valence-electron chi connectivity index (χ0n) is 9.03. The quantitative estimate of drug-likeness (QED) is 0.403. The van der Waals surface area contributed by atoms with E-state index in [1.54, 1.807) is 18.2 Å². The fourth-order valence-corrected chi connectivity index (χ4v) is 2.07. The van der Waals surface area contributed by atoms with Gasteiger partial charge in [-0.25, -0.2) is 0 Å². The number of fused-ring (bicyclic) bond motifs is 2. The molecule has 0 fully saturated rings. The second kappa shape index (κ2) is 3.25. The van der Waals surface area contributed by atoms with Gasteiger partial charge < -0.3 is 16.5 Å². The Hall–Kier alpha value is -2.49. The number of aromatic nitrogens is 1. The fourth-order valence-electron chi connectivity index (χ4n) is 2.07. The van der Waals surface area contributed by atoms with Crippen molar-refractivity contribution in [2.24, 2.45) is 0 Å². The van der Waals surface area contributed by atoms with E-state index in [-0.39, 0.29) is 5.43 Å². The van der Waals surface area contributed by atoms with Crippen LogP contribution in [0.4, 0.5) is 11.4 Å². The van der Waals surface area contributed by atoms with E-state index in [0.717, 1.165) is 5.52 Å². The highest BCUT2D eigenvalue weighted by Gasteiger charge is 2.09. The van der Waals surface area contributed by atoms with Gasteiger partial charge in [0.15, 0.2) is 5.43 Å². The Labute approximate surface area is 96.9 Å². The van der Waals surface area contributed by atoms with Gasteiger partial charge in [0.25, 0.3) is 0 Å². The molecule has 0 radical (unpaired) electrons. The summed E-state index contributed by atoms with van der Waals surface area (Å²) in [4.78, 5) is 15.5. The number of para-hydroxylation sites is 1. The average molecular weight is 225 g/mol. The van der Waals surface area contributed by atoms with Crippen LogP contribution < -0.4 is 16.9 Å². The Balaban J connectivity index is 2.69. The number of hydrogen-bond acceptors (Lipinski definition) is 3. The van der Waals surface area contributed by atoms with E-state index >= 15 is 0 Å². The minimum absolute atomic E-state index is 0.0841. The Morgan fingerprint density at radius 3 is 2.47 bits per heavy atom. The third-order valence-corrected chi connectivity index (χ3v) is 2.93. The number of nitrogens with one attached hydrogen (secondary N) is 1. The Morgan fingerprint density at radius 1 is 0.941 bits per heavy atom. The first-order valence-electron chi connectivity index (χ1n) is 5.27. The van der Waals surface area contributed by atoms with Crippen LogP contribution in [-0.2, 0) is 0 Å². The monoisotopic (exact) mass is 225 g/mol. The van der Waals surface area contributed by atoms with Gasteiger partial charge in [0.05, 0.1) is 16.6 Å². The summed E-state index contributed by atoms with van der Waals surface area (Å²) in [7, 11) is 0. The molecule has 0 spiro atoms. The van der Waals surface area contributed by atoms with Crippen molar-refractivity contribution in [1.29, 1.82) is 0 Å². The van der Waals surface area contributed by atoms with Crippen LogP contribution in [-0.4, -0.2) is 4.98 Å². The van der Waals surface area contributed by atoms with Crippen molar-refractivity contribution >= 4 is 33.2 Å². The lowest BCUT2D eigenvalue weighted by atomic mass is 10.1. The van der Waals surface area contributed by atoms with E-state index in [4.69, 9.17) is 11.5 Å². The van der Waals surface area contributed by atoms with Crippen molar-refractivity contribution in [3.05, 3.63) is 46.6 Å². The first-order valence-corrected chi connectivity index (χ1v) is 5.27. The van der Waals surface area contributed by atoms with E-state index in [2.05, 4.69) is 4.98 Å². The molecular formula is C13H11N3O. The molecule has 0 saturated carbocycles. The summed E-state index contributed by atoms with van der Waals surface area (Å²) >= 11 is 0. The molecule has 0 atom stereocenters. The predicted octanol–water partition coefficient (Wildman–Crippen LogP) is 1.85. The Kier molecular flexibility index (Phi) is 1.86. The van der Waals surface area contributed by atoms with Crippen molar-refractivity contribution in [1.82, 2.24) is 4.98 Å². The highest BCUT2D eigenvalue weighted by molar-refractivity contribution is 6.03. The number of pyridine rings is 1. The molecule has 1 heterocycles. The maximum absolute atomic E-state index is 12.3. The lowest BCUT2D eigenvalue weighted by molar-refractivity contribution is 1.48. The molecule has 0 amide bonds. The van der Waals surface area contributed by atoms with Gasteiger partial charge in [0, 0.05) is 16.6 Å². The van der Waals surface area contributed by atoms with E-state index in [1.165, 1.54) is 0 Å². The average Bonchev–Trinajstić information content (AvgIpc) is 2.34. The summed E-state index contributed by atoms with van der Waals surface area (Å²) in [6.07, 6.45) is 0. The molecule has 3 aromatic rings. The van der Waals surface area contributed by atoms with E-state index in [9.17, 15) is 4.79 Å². The summed E-state index contributed by atoms with van der Waals surface area (Å²) in [6, 6.07) is 10.7. The Morgan fingerprint density at radius 2 is 1.65 bits per heavy atom. The predicted molar refractivity (Wildman–Crippen MR) is 70.9 cm³/mol. The van der Waals surface area contributed by atoms with Crippen LogP contribution in [0.1, 0.15) is 0 Å². The molecule has 0 aliphatic carbocycles. The SMILES string of the molecule is Nc1ccc(N)c2c(=O)c3ccccc3[nH]c12. The van der Waals surface area contributed by atoms with E-state index < -0.39 is 0 Å². The Bertz CT molecular complexity index is 790. The first kappa shape index (κ1) is 9.72. The van der Waals surface area contributed by atoms with Gasteiger partial charge in [-0.05, 0) is 24.3 Å². The number of aromatic amines is 1. The maximum atomic E-state index is 12.3. The lowest BCUT2D eigenvalue weighted by Crippen LogP contribution is -2.08. The van der Waals surface area contributed by atoms with Crippen LogP contribution in [0.2, 0.25) is 0 Å². The summed E-state index contributed by atoms with van der Waals surface area (Å²) in [5, 5.41) is 1.08. The third kappa shape index (κ3) is 1.27. The summed E-state index contributed by atoms with van der Waals surface area (Å²) in [5.41, 5.74) is 14.0. The highest BCUT2D eigenvalue weighted by atomic mass is 16.1. The lowest BCUT2D eigenvalue weighted by Gasteiger charge is -2.07. The second-order valence-electron chi connectivity index (χ2n) is 3.99. The van der Waals surface area contributed by atoms with Gasteiger partial charge >= 0.3 is 0 Å². The molecule has 17 heavy (non-hydrogen) atoms. The normalized spacial score (nSPS) is 11.1. The molecule has 0 saturated heterocycles. The van der Waals surface area contributed by atoms with Gasteiger partial charge in [0.1, 0.15) is 0 Å². The molecule has 2 aromatic carbocycles. The van der Waals surface area contributed by atoms with Gasteiger partial charge in [-0.15, -0.1) is 0 Å². The molecule has 4 nitrogen and oxygen atoms in total. The minimum atomic E-state index is -0.0841. The van der Waals surface area contributed by atoms with Gasteiger partial charge in [-0.1, -0.05) is 12.1 Å². The van der Waals surface area contributed by atoms with Crippen molar-refractivity contribution in [3.8, 4) is 0 Å². The first-order chi connectivity index (χ1) is 8.18. The van der Waals surface area contributed by atoms with Crippen LogP contribution >= 0.6 is 0 Å². The van der Waals surface area contributed by atoms with Crippen molar-refractivity contribution in [2.75, 3.05) is 11.5 Å². The molecule has 4 heteroatoms. The molecule has 0 aliphatic heterocycles. The van der Waals surface area contributed by atoms with Crippen LogP contribution in [0.15, 0.2) is 41.2 Å². The van der Waals surface area contributed by atoms with Gasteiger partial charge in [-0.2, -0.15) is 0 Å². The number of nitrogens with two attached hydrogens (primary N) is 2. The van der Waals surface area contributed by atoms with E-state index in [0.29, 0.717) is 27.7 Å². The third-order valence-electron chi connectivity index (χ3n) is 2.93. The standard InChI is InChI=1S/C13H11N3O/c14-8-5-6-9(15)12-11(8)13(17)7-3-1-2-4-10(7)16-12/h1-6H,14-15H2,(H,16,17). The molecule has 84 valence electrons. The zero-order chi connectivity index (χ0) is 12.0. The summed E-state index contributed by atoms with van der Waals surface area (Å²) in [6.45, 7) is 0. The smallest absolute Gasteiger partial charge is 0.199 e. The number of anilines is 2. The summed E-state index contributed by atoms with van der Waals surface area (Å²) < 4.78 is 0. The van der Waals surface area contributed by atoms with Crippen molar-refractivity contribution < 1.29 is 0 Å². The van der Waals surface area contributed by atoms with Crippen LogP contribution in [0.25, 0.3) is 21.8 Å². The summed E-state index contributed by atoms with van der Waals surface area (Å²) in [5.74, 6) is 0. The van der Waals surface area contributed by atoms with Crippen LogP contribution in [0.5, 0.6) is 0 Å². The second-order valence-corrected chi connectivity index (χ2v) is 3.99. The van der Waals surface area contributed by atoms with Gasteiger partial charge in [-0.3, -0.25) is 4.79 Å².